The van der Waals surface area contributed by atoms with Gasteiger partial charge in [-0.25, -0.2) is 14.4 Å². The minimum Gasteiger partial charge on any atom is -0.354 e. The van der Waals surface area contributed by atoms with Gasteiger partial charge in [-0.3, -0.25) is 9.48 Å². The fraction of sp³-hybridized carbons (Fsp3) is 0.368. The number of pyridine rings is 1. The summed E-state index contributed by atoms with van der Waals surface area (Å²) in [4.78, 5) is 26.1. The van der Waals surface area contributed by atoms with Crippen LogP contribution < -0.4 is 9.80 Å². The Kier molecular flexibility index (Phi) is 3.38. The number of aromatic nitrogens is 4. The van der Waals surface area contributed by atoms with Gasteiger partial charge in [-0.05, 0) is 18.6 Å². The average molecular weight is 404 g/mol. The highest BCUT2D eigenvalue weighted by Crippen LogP contribution is 2.33. The van der Waals surface area contributed by atoms with Crippen molar-refractivity contribution in [2.24, 2.45) is 6.98 Å². The first-order valence-corrected chi connectivity index (χ1v) is 9.83. The highest BCUT2D eigenvalue weighted by molar-refractivity contribution is 7.17. The summed E-state index contributed by atoms with van der Waals surface area (Å²) in [6.07, 6.45) is 4.72. The topological polar surface area (TPSA) is 67.2 Å². The minimum atomic E-state index is -2.39. The lowest BCUT2D eigenvalue weighted by atomic mass is 10.1. The Labute approximate surface area is 169 Å². The molecule has 1 atom stereocenters. The van der Waals surface area contributed by atoms with Gasteiger partial charge in [0.05, 0.1) is 24.1 Å². The van der Waals surface area contributed by atoms with Gasteiger partial charge in [-0.1, -0.05) is 0 Å². The SMILES string of the molecule is [3H]C([3H])([3H])n1cc(N2CCc3nc(-c4ccc(N5CC[C@@H](F)C5)nc4)sc3C2=O)cn1. The second-order valence-corrected chi connectivity index (χ2v) is 7.88. The summed E-state index contributed by atoms with van der Waals surface area (Å²) >= 11 is 1.29. The summed E-state index contributed by atoms with van der Waals surface area (Å²) in [6, 6.07) is 3.74. The summed E-state index contributed by atoms with van der Waals surface area (Å²) in [5, 5.41) is 4.56. The maximum absolute atomic E-state index is 13.4. The monoisotopic (exact) mass is 404 g/mol. The third-order valence-electron chi connectivity index (χ3n) is 5.04. The number of carbonyl (C=O) groups excluding carboxylic acids is 1. The summed E-state index contributed by atoms with van der Waals surface area (Å²) in [5.41, 5.74) is 1.98. The van der Waals surface area contributed by atoms with Crippen LogP contribution in [0.5, 0.6) is 0 Å². The van der Waals surface area contributed by atoms with E-state index in [1.54, 1.807) is 6.20 Å². The number of amides is 1. The Bertz CT molecular complexity index is 1130. The maximum Gasteiger partial charge on any atom is 0.270 e. The van der Waals surface area contributed by atoms with Crippen molar-refractivity contribution in [1.29, 1.82) is 0 Å². The first-order valence-electron chi connectivity index (χ1n) is 10.5. The van der Waals surface area contributed by atoms with Gasteiger partial charge in [0.2, 0.25) is 0 Å². The molecule has 3 aromatic rings. The highest BCUT2D eigenvalue weighted by Gasteiger charge is 2.30. The lowest BCUT2D eigenvalue weighted by Crippen LogP contribution is -2.36. The zero-order valence-corrected chi connectivity index (χ0v) is 15.7. The van der Waals surface area contributed by atoms with Crippen molar-refractivity contribution in [3.8, 4) is 10.6 Å². The summed E-state index contributed by atoms with van der Waals surface area (Å²) in [7, 11) is 0. The van der Waals surface area contributed by atoms with E-state index in [4.69, 9.17) is 4.11 Å². The molecule has 0 N–H and O–H groups in total. The molecule has 1 saturated heterocycles. The van der Waals surface area contributed by atoms with Crippen LogP contribution in [-0.4, -0.2) is 51.5 Å². The molecule has 0 radical (unpaired) electrons. The Balaban J connectivity index is 1.37. The number of hydrogen-bond donors (Lipinski definition) is 0. The molecule has 0 saturated carbocycles. The van der Waals surface area contributed by atoms with E-state index < -0.39 is 13.1 Å². The maximum atomic E-state index is 13.4. The number of halogens is 1. The predicted molar refractivity (Wildman–Crippen MR) is 106 cm³/mol. The molecule has 0 aliphatic carbocycles. The van der Waals surface area contributed by atoms with Crippen LogP contribution in [0.4, 0.5) is 15.9 Å². The predicted octanol–water partition coefficient (Wildman–Crippen LogP) is 2.69. The lowest BCUT2D eigenvalue weighted by Gasteiger charge is -2.24. The van der Waals surface area contributed by atoms with E-state index in [1.807, 2.05) is 17.0 Å². The number of anilines is 2. The molecule has 0 unspecified atom stereocenters. The molecular formula is C19H19FN6OS. The van der Waals surface area contributed by atoms with Crippen molar-refractivity contribution >= 4 is 28.7 Å². The first-order chi connectivity index (χ1) is 14.8. The molecular weight excluding hydrogens is 379 g/mol. The molecule has 3 aromatic heterocycles. The van der Waals surface area contributed by atoms with E-state index in [2.05, 4.69) is 15.1 Å². The Morgan fingerprint density at radius 1 is 1.32 bits per heavy atom. The van der Waals surface area contributed by atoms with Crippen molar-refractivity contribution in [3.63, 3.8) is 0 Å². The van der Waals surface area contributed by atoms with E-state index in [-0.39, 0.29) is 5.91 Å². The quantitative estimate of drug-likeness (QED) is 0.672. The minimum absolute atomic E-state index is 0.217. The van der Waals surface area contributed by atoms with Crippen molar-refractivity contribution < 1.29 is 13.3 Å². The molecule has 28 heavy (non-hydrogen) atoms. The Morgan fingerprint density at radius 2 is 2.25 bits per heavy atom. The summed E-state index contributed by atoms with van der Waals surface area (Å²) in [5.74, 6) is 0.518. The van der Waals surface area contributed by atoms with Gasteiger partial charge in [-0.2, -0.15) is 5.10 Å². The molecule has 144 valence electrons. The van der Waals surface area contributed by atoms with Crippen LogP contribution in [0.2, 0.25) is 0 Å². The second-order valence-electron chi connectivity index (χ2n) is 6.88. The van der Waals surface area contributed by atoms with E-state index >= 15 is 0 Å². The fourth-order valence-electron chi connectivity index (χ4n) is 3.58. The van der Waals surface area contributed by atoms with Crippen LogP contribution in [0.25, 0.3) is 10.6 Å². The molecule has 2 aliphatic heterocycles. The van der Waals surface area contributed by atoms with Crippen molar-refractivity contribution in [3.05, 3.63) is 41.3 Å². The summed E-state index contributed by atoms with van der Waals surface area (Å²) in [6.45, 7) is -0.972. The zero-order chi connectivity index (χ0) is 21.8. The van der Waals surface area contributed by atoms with Crippen LogP contribution in [0.1, 0.15) is 25.9 Å². The molecule has 0 aromatic carbocycles. The van der Waals surface area contributed by atoms with Crippen LogP contribution in [0.3, 0.4) is 0 Å². The number of alkyl halides is 1. The van der Waals surface area contributed by atoms with Crippen LogP contribution in [0.15, 0.2) is 30.7 Å². The number of nitrogens with zero attached hydrogens (tertiary/aromatic N) is 6. The Morgan fingerprint density at radius 3 is 2.96 bits per heavy atom. The number of aryl methyl sites for hydroxylation is 1. The van der Waals surface area contributed by atoms with E-state index in [1.165, 1.54) is 28.6 Å². The second kappa shape index (κ2) is 6.66. The van der Waals surface area contributed by atoms with Gasteiger partial charge >= 0.3 is 0 Å². The van der Waals surface area contributed by atoms with Gasteiger partial charge in [0, 0.05) is 48.6 Å². The molecule has 5 rings (SSSR count). The van der Waals surface area contributed by atoms with Crippen LogP contribution in [-0.2, 0) is 13.4 Å². The average Bonchev–Trinajstić information content (AvgIpc) is 3.47. The van der Waals surface area contributed by atoms with Gasteiger partial charge in [0.1, 0.15) is 21.9 Å². The van der Waals surface area contributed by atoms with E-state index in [0.29, 0.717) is 48.0 Å². The van der Waals surface area contributed by atoms with Crippen molar-refractivity contribution in [1.82, 2.24) is 19.7 Å². The molecule has 0 spiro atoms. The van der Waals surface area contributed by atoms with Gasteiger partial charge in [0.25, 0.3) is 5.91 Å². The highest BCUT2D eigenvalue weighted by atomic mass is 32.1. The third kappa shape index (κ3) is 2.95. The lowest BCUT2D eigenvalue weighted by molar-refractivity contribution is 0.0984. The van der Waals surface area contributed by atoms with Gasteiger partial charge < -0.3 is 9.80 Å². The van der Waals surface area contributed by atoms with Crippen molar-refractivity contribution in [2.45, 2.75) is 19.0 Å². The number of rotatable bonds is 3. The number of fused-ring (bicyclic) bond motifs is 1. The first kappa shape index (κ1) is 14.2. The fourth-order valence-corrected chi connectivity index (χ4v) is 4.63. The van der Waals surface area contributed by atoms with Crippen LogP contribution >= 0.6 is 11.3 Å². The summed E-state index contributed by atoms with van der Waals surface area (Å²) < 4.78 is 36.6. The smallest absolute Gasteiger partial charge is 0.270 e. The van der Waals surface area contributed by atoms with Crippen molar-refractivity contribution in [2.75, 3.05) is 29.4 Å². The molecule has 0 bridgehead atoms. The number of carbonyl (C=O) groups is 1. The molecule has 7 nitrogen and oxygen atoms in total. The number of hydrogen-bond acceptors (Lipinski definition) is 6. The van der Waals surface area contributed by atoms with Crippen LogP contribution in [0, 0.1) is 0 Å². The molecule has 5 heterocycles. The Hall–Kier alpha value is -2.81. The standard InChI is InChI=1S/C19H19FN6OS/c1-24-11-14(9-22-24)26-7-5-15-17(19(26)27)28-18(23-15)12-2-3-16(21-8-12)25-6-4-13(20)10-25/h2-3,8-9,11,13H,4-7,10H2,1H3/t13-/m1/s1/i1T3. The van der Waals surface area contributed by atoms with Gasteiger partial charge in [0.15, 0.2) is 0 Å². The molecule has 1 amide bonds. The number of thiazole rings is 1. The van der Waals surface area contributed by atoms with E-state index in [0.717, 1.165) is 21.8 Å². The normalized spacial score (nSPS) is 21.4. The molecule has 2 aliphatic rings. The van der Waals surface area contributed by atoms with Gasteiger partial charge in [-0.15, -0.1) is 11.3 Å². The molecule has 9 heteroatoms. The van der Waals surface area contributed by atoms with E-state index in [9.17, 15) is 9.18 Å². The molecule has 1 fully saturated rings. The largest absolute Gasteiger partial charge is 0.354 e. The third-order valence-corrected chi connectivity index (χ3v) is 6.17. The zero-order valence-electron chi connectivity index (χ0n) is 17.9.